The number of hydrogen-bond acceptors (Lipinski definition) is 4. The molecule has 1 aromatic heterocycles. The van der Waals surface area contributed by atoms with Gasteiger partial charge in [0, 0.05) is 16.7 Å². The molecule has 0 bridgehead atoms. The molecule has 1 heterocycles. The minimum absolute atomic E-state index is 0.121. The number of amides is 1. The van der Waals surface area contributed by atoms with E-state index < -0.39 is 5.91 Å². The van der Waals surface area contributed by atoms with Crippen LogP contribution in [0, 0.1) is 18.3 Å². The molecule has 1 N–H and O–H groups in total. The van der Waals surface area contributed by atoms with Crippen LogP contribution < -0.4 is 5.32 Å². The Morgan fingerprint density at radius 1 is 1.25 bits per heavy atom. The van der Waals surface area contributed by atoms with Crippen LogP contribution in [0.25, 0.3) is 11.3 Å². The van der Waals surface area contributed by atoms with E-state index in [0.29, 0.717) is 22.0 Å². The van der Waals surface area contributed by atoms with E-state index in [-0.39, 0.29) is 5.69 Å². The molecule has 0 aliphatic rings. The van der Waals surface area contributed by atoms with Crippen LogP contribution in [0.15, 0.2) is 53.1 Å². The summed E-state index contributed by atoms with van der Waals surface area (Å²) >= 11 is 5.91. The second kappa shape index (κ2) is 6.57. The number of rotatable bonds is 3. The first-order valence-electron chi connectivity index (χ1n) is 7.11. The predicted molar refractivity (Wildman–Crippen MR) is 90.8 cm³/mol. The van der Waals surface area contributed by atoms with Crippen LogP contribution in [-0.4, -0.2) is 11.1 Å². The maximum Gasteiger partial charge on any atom is 0.277 e. The van der Waals surface area contributed by atoms with Gasteiger partial charge in [0.15, 0.2) is 11.5 Å². The van der Waals surface area contributed by atoms with Gasteiger partial charge in [0.1, 0.15) is 6.07 Å². The summed E-state index contributed by atoms with van der Waals surface area (Å²) in [5, 5.41) is 15.9. The second-order valence-electron chi connectivity index (χ2n) is 5.20. The summed E-state index contributed by atoms with van der Waals surface area (Å²) in [7, 11) is 0. The van der Waals surface area contributed by atoms with Crippen LogP contribution in [0.3, 0.4) is 0 Å². The summed E-state index contributed by atoms with van der Waals surface area (Å²) in [5.74, 6) is 0.0203. The largest absolute Gasteiger partial charge is 0.355 e. The van der Waals surface area contributed by atoms with Gasteiger partial charge in [0.05, 0.1) is 11.3 Å². The number of nitrogens with zero attached hydrogens (tertiary/aromatic N) is 2. The molecular weight excluding hydrogens is 326 g/mol. The maximum atomic E-state index is 12.3. The molecule has 0 atom stereocenters. The van der Waals surface area contributed by atoms with Crippen molar-refractivity contribution in [2.75, 3.05) is 5.32 Å². The van der Waals surface area contributed by atoms with Crippen LogP contribution in [0.4, 0.5) is 5.69 Å². The lowest BCUT2D eigenvalue weighted by molar-refractivity contribution is 0.101. The fraction of sp³-hybridized carbons (Fsp3) is 0.0556. The molecule has 0 unspecified atom stereocenters. The first-order chi connectivity index (χ1) is 11.6. The highest BCUT2D eigenvalue weighted by molar-refractivity contribution is 6.31. The molecule has 0 aliphatic carbocycles. The first-order valence-corrected chi connectivity index (χ1v) is 7.49. The standard InChI is InChI=1S/C18H12ClN3O2/c1-11-3-2-4-12(7-11)17-9-16(22-24-17)18(23)21-15-8-14(19)6-5-13(15)10-20/h2-9H,1H3,(H,21,23). The Kier molecular flexibility index (Phi) is 4.32. The SMILES string of the molecule is Cc1cccc(-c2cc(C(=O)Nc3cc(Cl)ccc3C#N)no2)c1. The minimum atomic E-state index is -0.476. The number of nitriles is 1. The quantitative estimate of drug-likeness (QED) is 0.766. The van der Waals surface area contributed by atoms with E-state index in [1.165, 1.54) is 6.07 Å². The summed E-state index contributed by atoms with van der Waals surface area (Å²) in [5.41, 5.74) is 2.68. The summed E-state index contributed by atoms with van der Waals surface area (Å²) in [6.45, 7) is 1.97. The molecular formula is C18H12ClN3O2. The number of anilines is 1. The van der Waals surface area contributed by atoms with Crippen molar-refractivity contribution < 1.29 is 9.32 Å². The van der Waals surface area contributed by atoms with Gasteiger partial charge in [-0.1, -0.05) is 40.5 Å². The topological polar surface area (TPSA) is 78.9 Å². The maximum absolute atomic E-state index is 12.3. The van der Waals surface area contributed by atoms with Crippen LogP contribution >= 0.6 is 11.6 Å². The number of hydrogen-bond donors (Lipinski definition) is 1. The van der Waals surface area contributed by atoms with Gasteiger partial charge in [-0.15, -0.1) is 0 Å². The Balaban J connectivity index is 1.85. The number of nitrogens with one attached hydrogen (secondary N) is 1. The Bertz CT molecular complexity index is 957. The van der Waals surface area contributed by atoms with Crippen molar-refractivity contribution in [3.8, 4) is 17.4 Å². The number of aromatic nitrogens is 1. The molecule has 0 aliphatic heterocycles. The molecule has 0 saturated carbocycles. The predicted octanol–water partition coefficient (Wildman–Crippen LogP) is 4.43. The number of aryl methyl sites for hydroxylation is 1. The van der Waals surface area contributed by atoms with Crippen molar-refractivity contribution in [3.05, 3.63) is 70.4 Å². The summed E-state index contributed by atoms with van der Waals surface area (Å²) < 4.78 is 5.24. The highest BCUT2D eigenvalue weighted by atomic mass is 35.5. The monoisotopic (exact) mass is 337 g/mol. The zero-order valence-electron chi connectivity index (χ0n) is 12.7. The third kappa shape index (κ3) is 3.29. The molecule has 1 amide bonds. The average Bonchev–Trinajstić information content (AvgIpc) is 3.05. The van der Waals surface area contributed by atoms with Gasteiger partial charge in [0.25, 0.3) is 5.91 Å². The van der Waals surface area contributed by atoms with Crippen molar-refractivity contribution in [1.29, 1.82) is 5.26 Å². The van der Waals surface area contributed by atoms with Gasteiger partial charge in [0.2, 0.25) is 0 Å². The third-order valence-electron chi connectivity index (χ3n) is 3.40. The van der Waals surface area contributed by atoms with Crippen LogP contribution in [0.2, 0.25) is 5.02 Å². The summed E-state index contributed by atoms with van der Waals surface area (Å²) in [6, 6.07) is 15.9. The molecule has 0 spiro atoms. The number of carbonyl (C=O) groups is 1. The van der Waals surface area contributed by atoms with Crippen LogP contribution in [0.1, 0.15) is 21.6 Å². The van der Waals surface area contributed by atoms with E-state index in [0.717, 1.165) is 11.1 Å². The Labute approximate surface area is 143 Å². The van der Waals surface area contributed by atoms with Crippen molar-refractivity contribution in [2.24, 2.45) is 0 Å². The van der Waals surface area contributed by atoms with Gasteiger partial charge >= 0.3 is 0 Å². The normalized spacial score (nSPS) is 10.2. The van der Waals surface area contributed by atoms with Crippen LogP contribution in [0.5, 0.6) is 0 Å². The van der Waals surface area contributed by atoms with Gasteiger partial charge in [-0.2, -0.15) is 5.26 Å². The molecule has 24 heavy (non-hydrogen) atoms. The minimum Gasteiger partial charge on any atom is -0.355 e. The second-order valence-corrected chi connectivity index (χ2v) is 5.64. The van der Waals surface area contributed by atoms with E-state index in [4.69, 9.17) is 21.4 Å². The highest BCUT2D eigenvalue weighted by Crippen LogP contribution is 2.23. The van der Waals surface area contributed by atoms with E-state index in [1.807, 2.05) is 37.3 Å². The van der Waals surface area contributed by atoms with Gasteiger partial charge < -0.3 is 9.84 Å². The van der Waals surface area contributed by atoms with E-state index in [9.17, 15) is 4.79 Å². The molecule has 3 aromatic rings. The Hall–Kier alpha value is -3.10. The number of benzene rings is 2. The zero-order valence-corrected chi connectivity index (χ0v) is 13.5. The molecule has 0 fully saturated rings. The Morgan fingerprint density at radius 2 is 2.08 bits per heavy atom. The molecule has 2 aromatic carbocycles. The highest BCUT2D eigenvalue weighted by Gasteiger charge is 2.15. The van der Waals surface area contributed by atoms with Crippen molar-refractivity contribution >= 4 is 23.2 Å². The lowest BCUT2D eigenvalue weighted by atomic mass is 10.1. The molecule has 118 valence electrons. The first kappa shape index (κ1) is 15.8. The lowest BCUT2D eigenvalue weighted by Crippen LogP contribution is -2.13. The fourth-order valence-electron chi connectivity index (χ4n) is 2.22. The molecule has 3 rings (SSSR count). The average molecular weight is 338 g/mol. The zero-order chi connectivity index (χ0) is 17.1. The fourth-order valence-corrected chi connectivity index (χ4v) is 2.39. The van der Waals surface area contributed by atoms with Crippen molar-refractivity contribution in [3.63, 3.8) is 0 Å². The summed E-state index contributed by atoms with van der Waals surface area (Å²) in [4.78, 5) is 12.3. The summed E-state index contributed by atoms with van der Waals surface area (Å²) in [6.07, 6.45) is 0. The van der Waals surface area contributed by atoms with Gasteiger partial charge in [-0.3, -0.25) is 4.79 Å². The molecule has 5 nitrogen and oxygen atoms in total. The van der Waals surface area contributed by atoms with Gasteiger partial charge in [-0.05, 0) is 31.2 Å². The number of carbonyl (C=O) groups excluding carboxylic acids is 1. The molecule has 0 saturated heterocycles. The van der Waals surface area contributed by atoms with E-state index >= 15 is 0 Å². The van der Waals surface area contributed by atoms with Gasteiger partial charge in [-0.25, -0.2) is 0 Å². The number of halogens is 1. The Morgan fingerprint density at radius 3 is 2.83 bits per heavy atom. The molecule has 6 heteroatoms. The van der Waals surface area contributed by atoms with Crippen LogP contribution in [-0.2, 0) is 0 Å². The van der Waals surface area contributed by atoms with E-state index in [2.05, 4.69) is 10.5 Å². The van der Waals surface area contributed by atoms with Crippen molar-refractivity contribution in [1.82, 2.24) is 5.16 Å². The smallest absolute Gasteiger partial charge is 0.277 e. The third-order valence-corrected chi connectivity index (χ3v) is 3.63. The lowest BCUT2D eigenvalue weighted by Gasteiger charge is -2.05. The van der Waals surface area contributed by atoms with E-state index in [1.54, 1.807) is 18.2 Å². The van der Waals surface area contributed by atoms with Crippen molar-refractivity contribution in [2.45, 2.75) is 6.92 Å². The molecule has 0 radical (unpaired) electrons.